The molecule has 0 aliphatic carbocycles. The monoisotopic (exact) mass is 580 g/mol. The number of aromatic nitrogens is 2. The van der Waals surface area contributed by atoms with E-state index in [1.54, 1.807) is 0 Å². The fourth-order valence-electron chi connectivity index (χ4n) is 6.36. The zero-order valence-corrected chi connectivity index (χ0v) is 26.7. The lowest BCUT2D eigenvalue weighted by Crippen LogP contribution is -2.23. The second-order valence-electron chi connectivity index (χ2n) is 14.0. The molecule has 0 N–H and O–H groups in total. The highest BCUT2D eigenvalue weighted by atomic mass is 16.5. The van der Waals surface area contributed by atoms with E-state index in [0.29, 0.717) is 0 Å². The molecule has 0 radical (unpaired) electrons. The molecule has 0 amide bonds. The third-order valence-electron chi connectivity index (χ3n) is 8.72. The normalized spacial score (nSPS) is 13.6. The molecule has 3 heterocycles. The van der Waals surface area contributed by atoms with Crippen molar-refractivity contribution in [2.45, 2.75) is 52.4 Å². The number of ether oxygens (including phenoxy) is 1. The SMILES string of the molecule is CN1CN(c2cccc(Oc3cc4c(cc3C(C)(C)C)c3ccccc3n4-c3cc(C(C)(C)C)ccn3)c2)c2ccccc21. The van der Waals surface area contributed by atoms with Crippen LogP contribution >= 0.6 is 0 Å². The quantitative estimate of drug-likeness (QED) is 0.208. The minimum Gasteiger partial charge on any atom is -0.457 e. The molecule has 1 aliphatic heterocycles. The maximum absolute atomic E-state index is 6.85. The zero-order valence-electron chi connectivity index (χ0n) is 26.7. The molecule has 0 saturated heterocycles. The largest absolute Gasteiger partial charge is 0.457 e. The Morgan fingerprint density at radius 2 is 1.43 bits per heavy atom. The van der Waals surface area contributed by atoms with Crippen molar-refractivity contribution in [2.24, 2.45) is 0 Å². The fraction of sp³-hybridized carbons (Fsp3) is 0.256. The first-order chi connectivity index (χ1) is 21.0. The minimum atomic E-state index is -0.134. The number of anilines is 3. The fourth-order valence-corrected chi connectivity index (χ4v) is 6.36. The Morgan fingerprint density at radius 1 is 0.682 bits per heavy atom. The van der Waals surface area contributed by atoms with Crippen LogP contribution in [0.4, 0.5) is 17.1 Å². The second-order valence-corrected chi connectivity index (χ2v) is 14.0. The molecule has 0 fully saturated rings. The summed E-state index contributed by atoms with van der Waals surface area (Å²) < 4.78 is 9.13. The van der Waals surface area contributed by atoms with Crippen LogP contribution in [0, 0.1) is 0 Å². The molecule has 0 spiro atoms. The van der Waals surface area contributed by atoms with Gasteiger partial charge in [0.15, 0.2) is 0 Å². The van der Waals surface area contributed by atoms with Crippen molar-refractivity contribution in [3.05, 3.63) is 114 Å². The van der Waals surface area contributed by atoms with Crippen LogP contribution in [-0.2, 0) is 10.8 Å². The molecule has 0 saturated carbocycles. The van der Waals surface area contributed by atoms with Gasteiger partial charge < -0.3 is 14.5 Å². The predicted molar refractivity (Wildman–Crippen MR) is 184 cm³/mol. The first-order valence-corrected chi connectivity index (χ1v) is 15.4. The number of hydrogen-bond acceptors (Lipinski definition) is 4. The molecule has 7 rings (SSSR count). The molecule has 0 unspecified atom stereocenters. The highest BCUT2D eigenvalue weighted by molar-refractivity contribution is 6.10. The summed E-state index contributed by atoms with van der Waals surface area (Å²) in [7, 11) is 2.13. The summed E-state index contributed by atoms with van der Waals surface area (Å²) in [5.41, 5.74) is 8.06. The number of benzene rings is 4. The van der Waals surface area contributed by atoms with E-state index >= 15 is 0 Å². The van der Waals surface area contributed by atoms with Gasteiger partial charge in [-0.1, -0.05) is 77.9 Å². The number of para-hydroxylation sites is 3. The molecule has 5 nitrogen and oxygen atoms in total. The Hall–Kier alpha value is -4.77. The van der Waals surface area contributed by atoms with Gasteiger partial charge in [0, 0.05) is 47.4 Å². The van der Waals surface area contributed by atoms with E-state index in [-0.39, 0.29) is 10.8 Å². The third kappa shape index (κ3) is 4.77. The average Bonchev–Trinajstić information content (AvgIpc) is 3.50. The number of hydrogen-bond donors (Lipinski definition) is 0. The number of rotatable bonds is 4. The molecule has 222 valence electrons. The van der Waals surface area contributed by atoms with Crippen molar-refractivity contribution in [3.8, 4) is 17.3 Å². The maximum Gasteiger partial charge on any atom is 0.137 e. The molecular weight excluding hydrogens is 540 g/mol. The predicted octanol–water partition coefficient (Wildman–Crippen LogP) is 10.1. The second kappa shape index (κ2) is 10.2. The van der Waals surface area contributed by atoms with Gasteiger partial charge in [-0.25, -0.2) is 4.98 Å². The average molecular weight is 581 g/mol. The highest BCUT2D eigenvalue weighted by Crippen LogP contribution is 2.44. The van der Waals surface area contributed by atoms with Gasteiger partial charge in [0.1, 0.15) is 17.3 Å². The van der Waals surface area contributed by atoms with Crippen LogP contribution in [0.15, 0.2) is 103 Å². The van der Waals surface area contributed by atoms with E-state index in [4.69, 9.17) is 9.72 Å². The maximum atomic E-state index is 6.85. The smallest absolute Gasteiger partial charge is 0.137 e. The van der Waals surface area contributed by atoms with Gasteiger partial charge in [-0.15, -0.1) is 0 Å². The van der Waals surface area contributed by atoms with Crippen molar-refractivity contribution in [1.82, 2.24) is 9.55 Å². The number of pyridine rings is 1. The molecule has 4 aromatic carbocycles. The molecule has 1 aliphatic rings. The van der Waals surface area contributed by atoms with E-state index in [1.165, 1.54) is 33.3 Å². The summed E-state index contributed by atoms with van der Waals surface area (Å²) in [6.07, 6.45) is 1.93. The lowest BCUT2D eigenvalue weighted by atomic mass is 9.85. The van der Waals surface area contributed by atoms with Crippen LogP contribution in [0.2, 0.25) is 0 Å². The van der Waals surface area contributed by atoms with Gasteiger partial charge in [-0.2, -0.15) is 0 Å². The molecule has 5 heteroatoms. The number of nitrogens with zero attached hydrogens (tertiary/aromatic N) is 4. The lowest BCUT2D eigenvalue weighted by molar-refractivity contribution is 0.456. The van der Waals surface area contributed by atoms with Crippen molar-refractivity contribution in [3.63, 3.8) is 0 Å². The summed E-state index contributed by atoms with van der Waals surface area (Å²) in [6.45, 7) is 14.3. The number of fused-ring (bicyclic) bond motifs is 4. The van der Waals surface area contributed by atoms with Gasteiger partial charge >= 0.3 is 0 Å². The third-order valence-corrected chi connectivity index (χ3v) is 8.72. The standard InChI is InChI=1S/C39H40N4O/c1-38(2,3)26-19-20-40-37(21-26)43-32-16-9-8-15-29(32)30-23-31(39(4,5)6)36(24-35(30)43)44-28-14-12-13-27(22-28)42-25-41(7)33-17-10-11-18-34(33)42/h8-24H,25H2,1-7H3. The van der Waals surface area contributed by atoms with E-state index < -0.39 is 0 Å². The summed E-state index contributed by atoms with van der Waals surface area (Å²) in [4.78, 5) is 9.48. The molecule has 0 bridgehead atoms. The Kier molecular flexibility index (Phi) is 6.47. The van der Waals surface area contributed by atoms with Crippen LogP contribution in [0.25, 0.3) is 27.6 Å². The molecule has 6 aromatic rings. The van der Waals surface area contributed by atoms with E-state index in [1.807, 2.05) is 6.20 Å². The Morgan fingerprint density at radius 3 is 2.20 bits per heavy atom. The van der Waals surface area contributed by atoms with Crippen LogP contribution in [-0.4, -0.2) is 23.3 Å². The van der Waals surface area contributed by atoms with Gasteiger partial charge in [0.05, 0.1) is 29.1 Å². The summed E-state index contributed by atoms with van der Waals surface area (Å²) in [6, 6.07) is 34.5. The zero-order chi connectivity index (χ0) is 30.8. The Bertz CT molecular complexity index is 2020. The molecular formula is C39H40N4O. The minimum absolute atomic E-state index is 0.0137. The van der Waals surface area contributed by atoms with E-state index in [0.717, 1.165) is 40.7 Å². The van der Waals surface area contributed by atoms with Crippen molar-refractivity contribution >= 4 is 38.9 Å². The molecule has 44 heavy (non-hydrogen) atoms. The lowest BCUT2D eigenvalue weighted by Gasteiger charge is -2.24. The van der Waals surface area contributed by atoms with Gasteiger partial charge in [0.25, 0.3) is 0 Å². The van der Waals surface area contributed by atoms with Crippen LogP contribution in [0.1, 0.15) is 52.7 Å². The van der Waals surface area contributed by atoms with E-state index in [9.17, 15) is 0 Å². The van der Waals surface area contributed by atoms with E-state index in [2.05, 4.69) is 160 Å². The summed E-state index contributed by atoms with van der Waals surface area (Å²) >= 11 is 0. The van der Waals surface area contributed by atoms with Crippen LogP contribution < -0.4 is 14.5 Å². The van der Waals surface area contributed by atoms with Crippen molar-refractivity contribution in [2.75, 3.05) is 23.5 Å². The van der Waals surface area contributed by atoms with Crippen LogP contribution in [0.5, 0.6) is 11.5 Å². The molecule has 2 aromatic heterocycles. The Balaban J connectivity index is 1.38. The first-order valence-electron chi connectivity index (χ1n) is 15.4. The highest BCUT2D eigenvalue weighted by Gasteiger charge is 2.26. The van der Waals surface area contributed by atoms with Crippen molar-refractivity contribution in [1.29, 1.82) is 0 Å². The van der Waals surface area contributed by atoms with Crippen molar-refractivity contribution < 1.29 is 4.74 Å². The van der Waals surface area contributed by atoms with Crippen LogP contribution in [0.3, 0.4) is 0 Å². The Labute approximate surface area is 260 Å². The van der Waals surface area contributed by atoms with Gasteiger partial charge in [-0.3, -0.25) is 4.57 Å². The topological polar surface area (TPSA) is 33.5 Å². The first kappa shape index (κ1) is 28.0. The molecule has 0 atom stereocenters. The summed E-state index contributed by atoms with van der Waals surface area (Å²) in [5, 5.41) is 2.41. The van der Waals surface area contributed by atoms with Gasteiger partial charge in [-0.05, 0) is 64.9 Å². The summed E-state index contributed by atoms with van der Waals surface area (Å²) in [5.74, 6) is 2.59. The van der Waals surface area contributed by atoms with Gasteiger partial charge in [0.2, 0.25) is 0 Å².